The highest BCUT2D eigenvalue weighted by molar-refractivity contribution is 5.83. The molecular formula is C14H21NO2. The van der Waals surface area contributed by atoms with E-state index in [0.717, 1.165) is 37.5 Å². The maximum Gasteiger partial charge on any atom is 0.226 e. The lowest BCUT2D eigenvalue weighted by Gasteiger charge is -2.37. The first-order chi connectivity index (χ1) is 8.25. The fourth-order valence-corrected chi connectivity index (χ4v) is 4.87. The van der Waals surface area contributed by atoms with Crippen LogP contribution in [0.5, 0.6) is 0 Å². The van der Waals surface area contributed by atoms with Crippen LogP contribution in [0.3, 0.4) is 0 Å². The number of carbonyl (C=O) groups excluding carboxylic acids is 1. The van der Waals surface area contributed by atoms with Gasteiger partial charge in [0.1, 0.15) is 0 Å². The van der Waals surface area contributed by atoms with Crippen molar-refractivity contribution in [2.24, 2.45) is 17.8 Å². The number of rotatable bonds is 1. The van der Waals surface area contributed by atoms with Gasteiger partial charge in [-0.25, -0.2) is 0 Å². The van der Waals surface area contributed by atoms with Gasteiger partial charge in [0.05, 0.1) is 6.10 Å². The van der Waals surface area contributed by atoms with Crippen LogP contribution in [0.2, 0.25) is 0 Å². The smallest absolute Gasteiger partial charge is 0.226 e. The molecule has 0 spiro atoms. The van der Waals surface area contributed by atoms with Gasteiger partial charge >= 0.3 is 0 Å². The molecule has 2 aliphatic carbocycles. The van der Waals surface area contributed by atoms with Gasteiger partial charge in [0.2, 0.25) is 5.91 Å². The molecule has 3 nitrogen and oxygen atoms in total. The van der Waals surface area contributed by atoms with Crippen LogP contribution in [-0.4, -0.2) is 34.1 Å². The molecule has 4 atom stereocenters. The zero-order chi connectivity index (χ0) is 11.6. The van der Waals surface area contributed by atoms with Crippen LogP contribution >= 0.6 is 0 Å². The number of amides is 1. The van der Waals surface area contributed by atoms with Crippen molar-refractivity contribution in [2.45, 2.75) is 63.1 Å². The van der Waals surface area contributed by atoms with Crippen LogP contribution in [-0.2, 0) is 4.79 Å². The highest BCUT2D eigenvalue weighted by Gasteiger charge is 2.59. The maximum absolute atomic E-state index is 12.6. The normalized spacial score (nSPS) is 51.5. The minimum absolute atomic E-state index is 0.157. The van der Waals surface area contributed by atoms with E-state index in [0.29, 0.717) is 23.9 Å². The molecule has 17 heavy (non-hydrogen) atoms. The number of hydrogen-bond acceptors (Lipinski definition) is 2. The van der Waals surface area contributed by atoms with E-state index in [4.69, 9.17) is 0 Å². The lowest BCUT2D eigenvalue weighted by Crippen LogP contribution is -2.49. The third kappa shape index (κ3) is 1.41. The quantitative estimate of drug-likeness (QED) is 0.749. The minimum atomic E-state index is -0.157. The van der Waals surface area contributed by atoms with Crippen LogP contribution in [0.4, 0.5) is 0 Å². The summed E-state index contributed by atoms with van der Waals surface area (Å²) in [6, 6.07) is 0.718. The van der Waals surface area contributed by atoms with Gasteiger partial charge in [0, 0.05) is 18.0 Å². The summed E-state index contributed by atoms with van der Waals surface area (Å²) in [7, 11) is 0. The molecule has 1 amide bonds. The van der Waals surface area contributed by atoms with Crippen molar-refractivity contribution in [2.75, 3.05) is 0 Å². The van der Waals surface area contributed by atoms with Crippen LogP contribution in [0.15, 0.2) is 0 Å². The first-order valence-electron chi connectivity index (χ1n) is 7.26. The molecule has 0 radical (unpaired) electrons. The van der Waals surface area contributed by atoms with Crippen molar-refractivity contribution < 1.29 is 9.90 Å². The lowest BCUT2D eigenvalue weighted by atomic mass is 9.98. The molecule has 2 aliphatic heterocycles. The molecule has 3 heteroatoms. The summed E-state index contributed by atoms with van der Waals surface area (Å²) in [5, 5.41) is 9.77. The molecule has 2 saturated heterocycles. The van der Waals surface area contributed by atoms with Gasteiger partial charge in [-0.1, -0.05) is 6.42 Å². The van der Waals surface area contributed by atoms with Crippen molar-refractivity contribution in [1.82, 2.24) is 4.90 Å². The number of nitrogens with zero attached hydrogens (tertiary/aromatic N) is 1. The average Bonchev–Trinajstić information content (AvgIpc) is 2.65. The molecule has 0 aromatic rings. The van der Waals surface area contributed by atoms with Crippen LogP contribution in [0.1, 0.15) is 44.9 Å². The number of aliphatic hydroxyl groups excluding tert-OH is 1. The van der Waals surface area contributed by atoms with Gasteiger partial charge in [0.25, 0.3) is 0 Å². The molecule has 4 rings (SSSR count). The van der Waals surface area contributed by atoms with E-state index >= 15 is 0 Å². The summed E-state index contributed by atoms with van der Waals surface area (Å²) in [5.41, 5.74) is 0. The number of piperidine rings is 1. The standard InChI is InChI=1S/C14H21NO2/c16-10-6-8-4-5-9(7-10)15(8)14(17)13-11-2-1-3-12(11)13/h8-13,16H,1-7H2. The monoisotopic (exact) mass is 235 g/mol. The number of carbonyl (C=O) groups is 1. The summed E-state index contributed by atoms with van der Waals surface area (Å²) in [6.45, 7) is 0. The SMILES string of the molecule is O=C(C1C2CCCC21)N1C2CCC1CC(O)C2. The Bertz CT molecular complexity index is 332. The van der Waals surface area contributed by atoms with Crippen molar-refractivity contribution in [3.05, 3.63) is 0 Å². The predicted octanol–water partition coefficient (Wildman–Crippen LogP) is 1.55. The van der Waals surface area contributed by atoms with Gasteiger partial charge in [-0.2, -0.15) is 0 Å². The Balaban J connectivity index is 1.50. The van der Waals surface area contributed by atoms with E-state index in [1.165, 1.54) is 19.3 Å². The molecule has 2 bridgehead atoms. The molecule has 4 unspecified atom stereocenters. The molecule has 2 saturated carbocycles. The number of aliphatic hydroxyl groups is 1. The summed E-state index contributed by atoms with van der Waals surface area (Å²) < 4.78 is 0. The highest BCUT2D eigenvalue weighted by Crippen LogP contribution is 2.59. The van der Waals surface area contributed by atoms with Gasteiger partial charge in [-0.3, -0.25) is 4.79 Å². The van der Waals surface area contributed by atoms with E-state index in [2.05, 4.69) is 4.90 Å². The summed E-state index contributed by atoms with van der Waals surface area (Å²) >= 11 is 0. The summed E-state index contributed by atoms with van der Waals surface area (Å²) in [6.07, 6.45) is 7.64. The Hall–Kier alpha value is -0.570. The fraction of sp³-hybridized carbons (Fsp3) is 0.929. The van der Waals surface area contributed by atoms with E-state index < -0.39 is 0 Å². The van der Waals surface area contributed by atoms with Gasteiger partial charge < -0.3 is 10.0 Å². The second-order valence-electron chi connectivity index (χ2n) is 6.54. The second kappa shape index (κ2) is 3.47. The Labute approximate surface area is 102 Å². The van der Waals surface area contributed by atoms with E-state index in [9.17, 15) is 9.90 Å². The van der Waals surface area contributed by atoms with Crippen LogP contribution in [0, 0.1) is 17.8 Å². The zero-order valence-corrected chi connectivity index (χ0v) is 10.2. The molecule has 2 heterocycles. The first-order valence-corrected chi connectivity index (χ1v) is 7.26. The highest BCUT2D eigenvalue weighted by atomic mass is 16.3. The average molecular weight is 235 g/mol. The number of hydrogen-bond donors (Lipinski definition) is 1. The van der Waals surface area contributed by atoms with Gasteiger partial charge in [-0.05, 0) is 50.4 Å². The number of fused-ring (bicyclic) bond motifs is 3. The summed E-state index contributed by atoms with van der Waals surface area (Å²) in [4.78, 5) is 14.8. The zero-order valence-electron chi connectivity index (χ0n) is 10.2. The van der Waals surface area contributed by atoms with Crippen molar-refractivity contribution in [3.63, 3.8) is 0 Å². The molecule has 94 valence electrons. The van der Waals surface area contributed by atoms with Crippen molar-refractivity contribution >= 4 is 5.91 Å². The first kappa shape index (κ1) is 10.4. The van der Waals surface area contributed by atoms with Crippen LogP contribution < -0.4 is 0 Å². The van der Waals surface area contributed by atoms with Gasteiger partial charge in [-0.15, -0.1) is 0 Å². The fourth-order valence-electron chi connectivity index (χ4n) is 4.87. The van der Waals surface area contributed by atoms with E-state index in [-0.39, 0.29) is 6.10 Å². The molecular weight excluding hydrogens is 214 g/mol. The van der Waals surface area contributed by atoms with E-state index in [1.807, 2.05) is 0 Å². The third-order valence-corrected chi connectivity index (χ3v) is 5.65. The third-order valence-electron chi connectivity index (χ3n) is 5.65. The Morgan fingerprint density at radius 3 is 2.18 bits per heavy atom. The lowest BCUT2D eigenvalue weighted by molar-refractivity contribution is -0.139. The van der Waals surface area contributed by atoms with Crippen molar-refractivity contribution in [1.29, 1.82) is 0 Å². The Morgan fingerprint density at radius 1 is 1.00 bits per heavy atom. The second-order valence-corrected chi connectivity index (χ2v) is 6.54. The molecule has 1 N–H and O–H groups in total. The largest absolute Gasteiger partial charge is 0.393 e. The predicted molar refractivity (Wildman–Crippen MR) is 63.2 cm³/mol. The molecule has 0 aromatic carbocycles. The minimum Gasteiger partial charge on any atom is -0.393 e. The maximum atomic E-state index is 12.6. The van der Waals surface area contributed by atoms with Crippen molar-refractivity contribution in [3.8, 4) is 0 Å². The van der Waals surface area contributed by atoms with Gasteiger partial charge in [0.15, 0.2) is 0 Å². The summed E-state index contributed by atoms with van der Waals surface area (Å²) in [5.74, 6) is 2.28. The molecule has 0 aromatic heterocycles. The molecule has 4 aliphatic rings. The Kier molecular flexibility index (Phi) is 2.11. The topological polar surface area (TPSA) is 40.5 Å². The van der Waals surface area contributed by atoms with Crippen LogP contribution in [0.25, 0.3) is 0 Å². The Morgan fingerprint density at radius 2 is 1.59 bits per heavy atom. The molecule has 4 fully saturated rings. The van der Waals surface area contributed by atoms with E-state index in [1.54, 1.807) is 0 Å².